The van der Waals surface area contributed by atoms with Gasteiger partial charge in [0.2, 0.25) is 0 Å². The number of nitrogens with two attached hydrogens (primary N) is 1. The molecule has 7 heteroatoms. The first-order chi connectivity index (χ1) is 10.4. The van der Waals surface area contributed by atoms with Gasteiger partial charge in [-0.3, -0.25) is 4.99 Å². The van der Waals surface area contributed by atoms with E-state index in [0.29, 0.717) is 17.4 Å². The Morgan fingerprint density at radius 2 is 2.09 bits per heavy atom. The highest BCUT2D eigenvalue weighted by Gasteiger charge is 2.30. The molecule has 0 atom stereocenters. The zero-order valence-electron chi connectivity index (χ0n) is 12.5. The van der Waals surface area contributed by atoms with E-state index in [1.807, 2.05) is 0 Å². The maximum atomic E-state index is 12.6. The zero-order chi connectivity index (χ0) is 16.0. The first kappa shape index (κ1) is 19.6. The van der Waals surface area contributed by atoms with Gasteiger partial charge in [-0.15, -0.1) is 24.0 Å². The Morgan fingerprint density at radius 3 is 2.70 bits per heavy atom. The van der Waals surface area contributed by atoms with Crippen molar-refractivity contribution in [2.24, 2.45) is 16.6 Å². The molecule has 0 radical (unpaired) electrons. The minimum absolute atomic E-state index is 0. The van der Waals surface area contributed by atoms with Gasteiger partial charge in [-0.1, -0.05) is 24.3 Å². The van der Waals surface area contributed by atoms with Crippen molar-refractivity contribution in [1.82, 2.24) is 5.32 Å². The lowest BCUT2D eigenvalue weighted by molar-refractivity contribution is -0.137. The number of nitrogens with one attached hydrogen (secondary N) is 1. The molecule has 126 valence electrons. The second-order valence-electron chi connectivity index (χ2n) is 5.26. The lowest BCUT2D eigenvalue weighted by Gasteiger charge is -2.23. The van der Waals surface area contributed by atoms with Gasteiger partial charge in [-0.25, -0.2) is 0 Å². The molecule has 0 aliphatic heterocycles. The van der Waals surface area contributed by atoms with Crippen molar-refractivity contribution >= 4 is 29.9 Å². The molecule has 23 heavy (non-hydrogen) atoms. The third kappa shape index (κ3) is 6.69. The molecular formula is C16H19F3IN3. The van der Waals surface area contributed by atoms with Crippen molar-refractivity contribution in [3.8, 4) is 11.8 Å². The summed E-state index contributed by atoms with van der Waals surface area (Å²) in [5.74, 6) is 6.37. The lowest BCUT2D eigenvalue weighted by atomic mass is 9.86. The van der Waals surface area contributed by atoms with Gasteiger partial charge in [0.05, 0.1) is 12.1 Å². The summed E-state index contributed by atoms with van der Waals surface area (Å²) in [5.41, 5.74) is 5.30. The average Bonchev–Trinajstić information content (AvgIpc) is 2.41. The van der Waals surface area contributed by atoms with Crippen LogP contribution in [-0.4, -0.2) is 19.0 Å². The standard InChI is InChI=1S/C16H18F3N3.HI/c17-16(18,19)14-8-2-4-12(10-14)7-3-9-21-15(20)22-11-13-5-1-6-13;/h2,4,8,10,13H,1,5-6,9,11H2,(H3,20,21,22);1H. The number of hydrogen-bond acceptors (Lipinski definition) is 1. The van der Waals surface area contributed by atoms with Gasteiger partial charge >= 0.3 is 6.18 Å². The Bertz CT molecular complexity index is 599. The largest absolute Gasteiger partial charge is 0.416 e. The second-order valence-corrected chi connectivity index (χ2v) is 5.26. The number of alkyl halides is 3. The van der Waals surface area contributed by atoms with E-state index in [1.165, 1.54) is 31.4 Å². The molecule has 1 aromatic rings. The van der Waals surface area contributed by atoms with E-state index >= 15 is 0 Å². The normalized spacial score (nSPS) is 15.0. The van der Waals surface area contributed by atoms with Gasteiger partial charge in [0, 0.05) is 12.1 Å². The van der Waals surface area contributed by atoms with Crippen LogP contribution in [0.2, 0.25) is 0 Å². The number of benzene rings is 1. The predicted octanol–water partition coefficient (Wildman–Crippen LogP) is 3.38. The number of aliphatic imine (C=N–C) groups is 1. The molecule has 3 nitrogen and oxygen atoms in total. The van der Waals surface area contributed by atoms with Crippen molar-refractivity contribution in [3.63, 3.8) is 0 Å². The van der Waals surface area contributed by atoms with Crippen LogP contribution in [0.25, 0.3) is 0 Å². The quantitative estimate of drug-likeness (QED) is 0.330. The fourth-order valence-electron chi connectivity index (χ4n) is 2.01. The van der Waals surface area contributed by atoms with E-state index in [2.05, 4.69) is 22.2 Å². The molecule has 0 aromatic heterocycles. The first-order valence-corrected chi connectivity index (χ1v) is 7.15. The van der Waals surface area contributed by atoms with Crippen molar-refractivity contribution in [1.29, 1.82) is 0 Å². The number of nitrogens with zero attached hydrogens (tertiary/aromatic N) is 1. The summed E-state index contributed by atoms with van der Waals surface area (Å²) in [6, 6.07) is 4.93. The first-order valence-electron chi connectivity index (χ1n) is 7.15. The van der Waals surface area contributed by atoms with Crippen LogP contribution in [0.3, 0.4) is 0 Å². The predicted molar refractivity (Wildman–Crippen MR) is 95.6 cm³/mol. The van der Waals surface area contributed by atoms with E-state index in [4.69, 9.17) is 5.73 Å². The van der Waals surface area contributed by atoms with E-state index in [0.717, 1.165) is 18.7 Å². The summed E-state index contributed by atoms with van der Waals surface area (Å²) in [6.07, 6.45) is -0.692. The van der Waals surface area contributed by atoms with Gasteiger partial charge in [0.1, 0.15) is 0 Å². The topological polar surface area (TPSA) is 50.4 Å². The summed E-state index contributed by atoms with van der Waals surface area (Å²) in [5, 5.41) is 2.83. The van der Waals surface area contributed by atoms with E-state index in [-0.39, 0.29) is 30.5 Å². The molecule has 0 heterocycles. The third-order valence-corrected chi connectivity index (χ3v) is 3.53. The minimum atomic E-state index is -4.35. The van der Waals surface area contributed by atoms with Crippen LogP contribution in [0.15, 0.2) is 29.3 Å². The van der Waals surface area contributed by atoms with Gasteiger partial charge in [-0.2, -0.15) is 13.2 Å². The van der Waals surface area contributed by atoms with Gasteiger partial charge in [0.25, 0.3) is 0 Å². The van der Waals surface area contributed by atoms with Crippen LogP contribution in [-0.2, 0) is 6.18 Å². The van der Waals surface area contributed by atoms with Crippen LogP contribution in [0.1, 0.15) is 30.4 Å². The van der Waals surface area contributed by atoms with Gasteiger partial charge in [0.15, 0.2) is 5.96 Å². The molecule has 1 fully saturated rings. The number of halogens is 4. The molecule has 3 N–H and O–H groups in total. The molecule has 1 saturated carbocycles. The minimum Gasteiger partial charge on any atom is -0.370 e. The molecule has 1 aliphatic rings. The Hall–Kier alpha value is -1.43. The van der Waals surface area contributed by atoms with E-state index < -0.39 is 11.7 Å². The number of rotatable bonds is 3. The number of hydrogen-bond donors (Lipinski definition) is 2. The summed E-state index contributed by atoms with van der Waals surface area (Å²) in [4.78, 5) is 4.20. The third-order valence-electron chi connectivity index (χ3n) is 3.53. The molecule has 0 saturated heterocycles. The Morgan fingerprint density at radius 1 is 1.35 bits per heavy atom. The van der Waals surface area contributed by atoms with Crippen LogP contribution in [0.5, 0.6) is 0 Å². The van der Waals surface area contributed by atoms with Crippen molar-refractivity contribution < 1.29 is 13.2 Å². The van der Waals surface area contributed by atoms with Crippen molar-refractivity contribution in [2.75, 3.05) is 13.1 Å². The van der Waals surface area contributed by atoms with Crippen molar-refractivity contribution in [3.05, 3.63) is 35.4 Å². The molecular weight excluding hydrogens is 418 g/mol. The highest BCUT2D eigenvalue weighted by Crippen LogP contribution is 2.29. The maximum Gasteiger partial charge on any atom is 0.416 e. The smallest absolute Gasteiger partial charge is 0.370 e. The summed E-state index contributed by atoms with van der Waals surface area (Å²) in [6.45, 7) is 0.968. The SMILES string of the molecule is I.NC(=NCC1CCC1)NCC#Cc1cccc(C(F)(F)F)c1. The van der Waals surface area contributed by atoms with Crippen molar-refractivity contribution in [2.45, 2.75) is 25.4 Å². The highest BCUT2D eigenvalue weighted by molar-refractivity contribution is 14.0. The molecule has 1 aliphatic carbocycles. The Kier molecular flexibility index (Phi) is 7.68. The second kappa shape index (κ2) is 9.01. The molecule has 0 amide bonds. The molecule has 0 spiro atoms. The fraction of sp³-hybridized carbons (Fsp3) is 0.438. The van der Waals surface area contributed by atoms with Crippen LogP contribution in [0.4, 0.5) is 13.2 Å². The maximum absolute atomic E-state index is 12.6. The molecule has 1 aromatic carbocycles. The van der Waals surface area contributed by atoms with E-state index in [1.54, 1.807) is 0 Å². The number of guanidine groups is 1. The Labute approximate surface area is 150 Å². The highest BCUT2D eigenvalue weighted by atomic mass is 127. The summed E-state index contributed by atoms with van der Waals surface area (Å²) >= 11 is 0. The van der Waals surface area contributed by atoms with Crippen LogP contribution >= 0.6 is 24.0 Å². The fourth-order valence-corrected chi connectivity index (χ4v) is 2.01. The molecule has 0 unspecified atom stereocenters. The van der Waals surface area contributed by atoms with Crippen LogP contribution < -0.4 is 11.1 Å². The monoisotopic (exact) mass is 437 g/mol. The van der Waals surface area contributed by atoms with Gasteiger partial charge < -0.3 is 11.1 Å². The zero-order valence-corrected chi connectivity index (χ0v) is 14.8. The van der Waals surface area contributed by atoms with Gasteiger partial charge in [-0.05, 0) is 37.0 Å². The van der Waals surface area contributed by atoms with E-state index in [9.17, 15) is 13.2 Å². The summed E-state index contributed by atoms with van der Waals surface area (Å²) < 4.78 is 37.7. The lowest BCUT2D eigenvalue weighted by Crippen LogP contribution is -2.32. The molecule has 2 rings (SSSR count). The Balaban J connectivity index is 0.00000264. The summed E-state index contributed by atoms with van der Waals surface area (Å²) in [7, 11) is 0. The molecule has 0 bridgehead atoms. The van der Waals surface area contributed by atoms with Crippen LogP contribution in [0, 0.1) is 17.8 Å². The average molecular weight is 437 g/mol.